The number of thiophene rings is 1. The third kappa shape index (κ3) is 4.53. The Morgan fingerprint density at radius 1 is 1.21 bits per heavy atom. The molecule has 1 atom stereocenters. The average Bonchev–Trinajstić information content (AvgIpc) is 3.02. The lowest BCUT2D eigenvalue weighted by molar-refractivity contribution is -0.111. The summed E-state index contributed by atoms with van der Waals surface area (Å²) in [5.41, 5.74) is 2.73. The summed E-state index contributed by atoms with van der Waals surface area (Å²) in [6.07, 6.45) is 6.07. The largest absolute Gasteiger partial charge is 0.465 e. The van der Waals surface area contributed by atoms with E-state index in [1.807, 2.05) is 30.3 Å². The summed E-state index contributed by atoms with van der Waals surface area (Å²) in [6.45, 7) is 6.78. The van der Waals surface area contributed by atoms with E-state index in [1.54, 1.807) is 6.08 Å². The topological polar surface area (TPSA) is 55.4 Å². The first-order valence-corrected chi connectivity index (χ1v) is 10.4. The summed E-state index contributed by atoms with van der Waals surface area (Å²) >= 11 is 1.51. The molecule has 148 valence electrons. The first-order valence-electron chi connectivity index (χ1n) is 9.56. The summed E-state index contributed by atoms with van der Waals surface area (Å²) in [7, 11) is 1.38. The minimum atomic E-state index is -0.381. The number of esters is 1. The van der Waals surface area contributed by atoms with Crippen molar-refractivity contribution in [2.75, 3.05) is 12.4 Å². The highest BCUT2D eigenvalue weighted by Crippen LogP contribution is 2.44. The Morgan fingerprint density at radius 3 is 2.57 bits per heavy atom. The van der Waals surface area contributed by atoms with Crippen molar-refractivity contribution in [3.05, 3.63) is 58.0 Å². The third-order valence-electron chi connectivity index (χ3n) is 5.34. The molecule has 0 saturated carbocycles. The number of amides is 1. The Kier molecular flexibility index (Phi) is 6.04. The summed E-state index contributed by atoms with van der Waals surface area (Å²) < 4.78 is 5.00. The van der Waals surface area contributed by atoms with Crippen molar-refractivity contribution in [1.82, 2.24) is 0 Å². The van der Waals surface area contributed by atoms with E-state index in [1.165, 1.54) is 29.4 Å². The molecule has 0 radical (unpaired) electrons. The normalized spacial score (nSPS) is 16.6. The number of anilines is 1. The highest BCUT2D eigenvalue weighted by Gasteiger charge is 2.34. The number of methoxy groups -OCH3 is 1. The minimum Gasteiger partial charge on any atom is -0.465 e. The van der Waals surface area contributed by atoms with Gasteiger partial charge in [-0.05, 0) is 47.8 Å². The molecule has 3 rings (SSSR count). The van der Waals surface area contributed by atoms with E-state index in [-0.39, 0.29) is 17.3 Å². The molecule has 1 amide bonds. The van der Waals surface area contributed by atoms with E-state index in [2.05, 4.69) is 26.1 Å². The van der Waals surface area contributed by atoms with Crippen molar-refractivity contribution in [2.45, 2.75) is 40.0 Å². The van der Waals surface area contributed by atoms with Crippen molar-refractivity contribution < 1.29 is 14.3 Å². The van der Waals surface area contributed by atoms with Gasteiger partial charge in [-0.15, -0.1) is 11.3 Å². The van der Waals surface area contributed by atoms with E-state index < -0.39 is 0 Å². The van der Waals surface area contributed by atoms with Crippen molar-refractivity contribution >= 4 is 34.3 Å². The van der Waals surface area contributed by atoms with Crippen LogP contribution in [0.15, 0.2) is 36.4 Å². The molecule has 1 aliphatic carbocycles. The van der Waals surface area contributed by atoms with Crippen LogP contribution in [0.2, 0.25) is 0 Å². The number of benzene rings is 1. The van der Waals surface area contributed by atoms with Gasteiger partial charge in [0.2, 0.25) is 5.91 Å². The van der Waals surface area contributed by atoms with Gasteiger partial charge in [-0.2, -0.15) is 0 Å². The van der Waals surface area contributed by atoms with Gasteiger partial charge in [-0.3, -0.25) is 4.79 Å². The first-order chi connectivity index (χ1) is 13.3. The molecule has 1 N–H and O–H groups in total. The molecular weight excluding hydrogens is 370 g/mol. The number of hydrogen-bond donors (Lipinski definition) is 1. The van der Waals surface area contributed by atoms with Crippen LogP contribution >= 0.6 is 11.3 Å². The Morgan fingerprint density at radius 2 is 1.93 bits per heavy atom. The quantitative estimate of drug-likeness (QED) is 0.560. The Labute approximate surface area is 170 Å². The number of ether oxygens (including phenoxy) is 1. The van der Waals surface area contributed by atoms with Gasteiger partial charge < -0.3 is 10.1 Å². The second kappa shape index (κ2) is 8.31. The zero-order valence-corrected chi connectivity index (χ0v) is 17.7. The monoisotopic (exact) mass is 397 g/mol. The van der Waals surface area contributed by atoms with Gasteiger partial charge in [0.25, 0.3) is 0 Å². The fourth-order valence-corrected chi connectivity index (χ4v) is 4.94. The maximum Gasteiger partial charge on any atom is 0.341 e. The molecule has 4 nitrogen and oxygen atoms in total. The maximum atomic E-state index is 12.4. The Balaban J connectivity index is 1.84. The van der Waals surface area contributed by atoms with Crippen molar-refractivity contribution in [1.29, 1.82) is 0 Å². The van der Waals surface area contributed by atoms with E-state index >= 15 is 0 Å². The Bertz CT molecular complexity index is 891. The first kappa shape index (κ1) is 20.3. The second-order valence-electron chi connectivity index (χ2n) is 8.24. The van der Waals surface area contributed by atoms with E-state index in [9.17, 15) is 9.59 Å². The smallest absolute Gasteiger partial charge is 0.341 e. The highest BCUT2D eigenvalue weighted by atomic mass is 32.1. The molecule has 2 aromatic rings. The van der Waals surface area contributed by atoms with Gasteiger partial charge in [-0.1, -0.05) is 51.1 Å². The number of fused-ring (bicyclic) bond motifs is 1. The molecule has 0 bridgehead atoms. The lowest BCUT2D eigenvalue weighted by Crippen LogP contribution is -2.26. The summed E-state index contributed by atoms with van der Waals surface area (Å²) in [5.74, 6) is -0.0697. The minimum absolute atomic E-state index is 0.217. The van der Waals surface area contributed by atoms with E-state index in [0.29, 0.717) is 16.5 Å². The van der Waals surface area contributed by atoms with Gasteiger partial charge in [0, 0.05) is 11.0 Å². The number of carbonyl (C=O) groups is 2. The van der Waals surface area contributed by atoms with Crippen LogP contribution in [-0.2, 0) is 22.4 Å². The van der Waals surface area contributed by atoms with Crippen molar-refractivity contribution in [3.63, 3.8) is 0 Å². The predicted octanol–water partition coefficient (Wildman–Crippen LogP) is 5.34. The SMILES string of the molecule is COC(=O)c1c(NC(=O)/C=C\c2ccccc2)sc2c1CC[C@H](C(C)(C)C)C2. The van der Waals surface area contributed by atoms with E-state index in [4.69, 9.17) is 4.74 Å². The van der Waals surface area contributed by atoms with Crippen LogP contribution in [0.3, 0.4) is 0 Å². The van der Waals surface area contributed by atoms with Gasteiger partial charge >= 0.3 is 5.97 Å². The molecular formula is C23H27NO3S. The molecule has 28 heavy (non-hydrogen) atoms. The highest BCUT2D eigenvalue weighted by molar-refractivity contribution is 7.17. The molecule has 1 aromatic heterocycles. The molecule has 1 aliphatic rings. The van der Waals surface area contributed by atoms with Crippen LogP contribution in [0.5, 0.6) is 0 Å². The number of nitrogens with one attached hydrogen (secondary N) is 1. The zero-order chi connectivity index (χ0) is 20.3. The fourth-order valence-electron chi connectivity index (χ4n) is 3.62. The van der Waals surface area contributed by atoms with Crippen molar-refractivity contribution in [3.8, 4) is 0 Å². The van der Waals surface area contributed by atoms with Crippen LogP contribution in [0.4, 0.5) is 5.00 Å². The van der Waals surface area contributed by atoms with Crippen LogP contribution in [-0.4, -0.2) is 19.0 Å². The second-order valence-corrected chi connectivity index (χ2v) is 9.34. The molecule has 1 heterocycles. The van der Waals surface area contributed by atoms with Crippen LogP contribution in [0.1, 0.15) is 53.6 Å². The van der Waals surface area contributed by atoms with Gasteiger partial charge in [-0.25, -0.2) is 4.79 Å². The molecule has 0 unspecified atom stereocenters. The van der Waals surface area contributed by atoms with Crippen molar-refractivity contribution in [2.24, 2.45) is 11.3 Å². The lowest BCUT2D eigenvalue weighted by atomic mass is 9.72. The molecule has 1 aromatic carbocycles. The van der Waals surface area contributed by atoms with Crippen LogP contribution < -0.4 is 5.32 Å². The third-order valence-corrected chi connectivity index (χ3v) is 6.51. The standard InChI is InChI=1S/C23H27NO3S/c1-23(2,3)16-11-12-17-18(14-16)28-21(20(17)22(26)27-4)24-19(25)13-10-15-8-6-5-7-9-15/h5-10,13,16H,11-12,14H2,1-4H3,(H,24,25)/b13-10-/t16-/m0/s1. The maximum absolute atomic E-state index is 12.4. The van der Waals surface area contributed by atoms with E-state index in [0.717, 1.165) is 30.4 Å². The summed E-state index contributed by atoms with van der Waals surface area (Å²) in [6, 6.07) is 9.64. The average molecular weight is 398 g/mol. The van der Waals surface area contributed by atoms with Gasteiger partial charge in [0.15, 0.2) is 0 Å². The summed E-state index contributed by atoms with van der Waals surface area (Å²) in [5, 5.41) is 3.49. The lowest BCUT2D eigenvalue weighted by Gasteiger charge is -2.33. The van der Waals surface area contributed by atoms with Crippen LogP contribution in [0.25, 0.3) is 6.08 Å². The fraction of sp³-hybridized carbons (Fsp3) is 0.391. The number of hydrogen-bond acceptors (Lipinski definition) is 4. The molecule has 0 fully saturated rings. The predicted molar refractivity (Wildman–Crippen MR) is 115 cm³/mol. The van der Waals surface area contributed by atoms with Gasteiger partial charge in [0.1, 0.15) is 5.00 Å². The molecule has 5 heteroatoms. The number of carbonyl (C=O) groups excluding carboxylic acids is 2. The number of rotatable bonds is 4. The van der Waals surface area contributed by atoms with Crippen LogP contribution in [0, 0.1) is 11.3 Å². The summed E-state index contributed by atoms with van der Waals surface area (Å²) in [4.78, 5) is 26.1. The van der Waals surface area contributed by atoms with Gasteiger partial charge in [0.05, 0.1) is 12.7 Å². The molecule has 0 aliphatic heterocycles. The zero-order valence-electron chi connectivity index (χ0n) is 16.9. The Hall–Kier alpha value is -2.40. The molecule has 0 spiro atoms. The molecule has 0 saturated heterocycles.